The van der Waals surface area contributed by atoms with Crippen molar-refractivity contribution in [2.24, 2.45) is 4.99 Å². The molecule has 1 aliphatic carbocycles. The van der Waals surface area contributed by atoms with Crippen LogP contribution < -0.4 is 0 Å². The first-order valence-corrected chi connectivity index (χ1v) is 12.9. The molecule has 0 spiro atoms. The molecule has 5 nitrogen and oxygen atoms in total. The van der Waals surface area contributed by atoms with Gasteiger partial charge in [0, 0.05) is 27.8 Å². The summed E-state index contributed by atoms with van der Waals surface area (Å²) in [6.45, 7) is 0. The zero-order valence-corrected chi connectivity index (χ0v) is 19.7. The van der Waals surface area contributed by atoms with Crippen molar-refractivity contribution >= 4 is 43.8 Å². The smallest absolute Gasteiger partial charge is 0.207 e. The Labute approximate surface area is 207 Å². The minimum absolute atomic E-state index is 0.0134. The molecule has 0 radical (unpaired) electrons. The molecule has 0 saturated carbocycles. The van der Waals surface area contributed by atoms with E-state index in [4.69, 9.17) is 4.99 Å². The van der Waals surface area contributed by atoms with Crippen molar-refractivity contribution < 1.29 is 8.42 Å². The minimum Gasteiger partial charge on any atom is -0.307 e. The molecule has 2 heterocycles. The molecular weight excluding hydrogens is 466 g/mol. The Morgan fingerprint density at radius 3 is 2.36 bits per heavy atom. The van der Waals surface area contributed by atoms with Crippen molar-refractivity contribution in [3.63, 3.8) is 0 Å². The highest BCUT2D eigenvalue weighted by molar-refractivity contribution is 7.91. The van der Waals surface area contributed by atoms with Crippen LogP contribution in [-0.4, -0.2) is 18.7 Å². The summed E-state index contributed by atoms with van der Waals surface area (Å²) in [6, 6.07) is 31.4. The van der Waals surface area contributed by atoms with Crippen molar-refractivity contribution in [1.29, 1.82) is 5.26 Å². The van der Waals surface area contributed by atoms with Crippen molar-refractivity contribution in [2.75, 3.05) is 0 Å². The molecule has 1 aliphatic heterocycles. The van der Waals surface area contributed by atoms with Crippen molar-refractivity contribution in [3.8, 4) is 11.8 Å². The van der Waals surface area contributed by atoms with Crippen LogP contribution in [0.1, 0.15) is 22.4 Å². The van der Waals surface area contributed by atoms with Crippen LogP contribution in [-0.2, 0) is 9.84 Å². The maximum Gasteiger partial charge on any atom is 0.207 e. The average molecular weight is 484 g/mol. The van der Waals surface area contributed by atoms with Crippen LogP contribution in [0.2, 0.25) is 0 Å². The molecule has 0 amide bonds. The molecule has 170 valence electrons. The summed E-state index contributed by atoms with van der Waals surface area (Å²) in [6.07, 6.45) is 2.20. The van der Waals surface area contributed by atoms with Crippen LogP contribution in [0.3, 0.4) is 0 Å². The number of nitriles is 1. The van der Waals surface area contributed by atoms with Gasteiger partial charge in [-0.3, -0.25) is 0 Å². The van der Waals surface area contributed by atoms with Crippen LogP contribution in [0, 0.1) is 11.3 Å². The van der Waals surface area contributed by atoms with E-state index in [1.165, 1.54) is 12.1 Å². The van der Waals surface area contributed by atoms with Gasteiger partial charge in [-0.1, -0.05) is 48.5 Å². The lowest BCUT2D eigenvalue weighted by Crippen LogP contribution is -2.07. The van der Waals surface area contributed by atoms with Gasteiger partial charge in [-0.25, -0.2) is 13.4 Å². The van der Waals surface area contributed by atoms with Gasteiger partial charge in [-0.05, 0) is 54.6 Å². The van der Waals surface area contributed by atoms with E-state index in [0.29, 0.717) is 0 Å². The summed E-state index contributed by atoms with van der Waals surface area (Å²) in [5.41, 5.74) is 8.25. The number of rotatable bonds is 3. The molecule has 1 aromatic heterocycles. The molecule has 4 aromatic carbocycles. The zero-order chi connectivity index (χ0) is 24.4. The number of hydrogen-bond acceptors (Lipinski definition) is 4. The minimum atomic E-state index is -3.84. The number of sulfone groups is 1. The Bertz CT molecular complexity index is 1950. The fourth-order valence-electron chi connectivity index (χ4n) is 5.19. The lowest BCUT2D eigenvalue weighted by Gasteiger charge is -2.12. The van der Waals surface area contributed by atoms with E-state index in [-0.39, 0.29) is 15.4 Å². The first-order chi connectivity index (χ1) is 17.6. The predicted octanol–water partition coefficient (Wildman–Crippen LogP) is 6.32. The first-order valence-electron chi connectivity index (χ1n) is 11.5. The lowest BCUT2D eigenvalue weighted by molar-refractivity contribution is 0.596. The van der Waals surface area contributed by atoms with E-state index in [1.54, 1.807) is 24.3 Å². The summed E-state index contributed by atoms with van der Waals surface area (Å²) in [5, 5.41) is 10.5. The van der Waals surface area contributed by atoms with Gasteiger partial charge in [0.05, 0.1) is 38.0 Å². The number of benzene rings is 4. The van der Waals surface area contributed by atoms with Crippen LogP contribution in [0.25, 0.3) is 28.2 Å². The predicted molar refractivity (Wildman–Crippen MR) is 140 cm³/mol. The monoisotopic (exact) mass is 483 g/mol. The number of nitrogens with zero attached hydrogens (tertiary/aromatic N) is 3. The van der Waals surface area contributed by atoms with Crippen molar-refractivity contribution in [1.82, 2.24) is 4.57 Å². The molecule has 0 fully saturated rings. The van der Waals surface area contributed by atoms with E-state index < -0.39 is 9.84 Å². The van der Waals surface area contributed by atoms with Crippen LogP contribution in [0.15, 0.2) is 112 Å². The highest BCUT2D eigenvalue weighted by Gasteiger charge is 2.33. The van der Waals surface area contributed by atoms with Gasteiger partial charge in [-0.2, -0.15) is 5.26 Å². The molecular formula is C30H17N3O2S. The normalized spacial score (nSPS) is 13.5. The van der Waals surface area contributed by atoms with E-state index >= 15 is 0 Å². The van der Waals surface area contributed by atoms with Crippen LogP contribution >= 0.6 is 0 Å². The molecule has 6 heteroatoms. The summed E-state index contributed by atoms with van der Waals surface area (Å²) in [7, 11) is -3.84. The number of allylic oxidation sites excluding steroid dienone is 1. The molecule has 0 N–H and O–H groups in total. The number of hydrogen-bond donors (Lipinski definition) is 0. The maximum atomic E-state index is 13.3. The Balaban J connectivity index is 1.39. The molecule has 0 bridgehead atoms. The van der Waals surface area contributed by atoms with Crippen molar-refractivity contribution in [2.45, 2.75) is 9.79 Å². The third-order valence-corrected chi connectivity index (χ3v) is 8.64. The molecule has 7 rings (SSSR count). The fourth-order valence-corrected chi connectivity index (χ4v) is 6.59. The van der Waals surface area contributed by atoms with E-state index in [0.717, 1.165) is 50.4 Å². The SMILES string of the molecule is N#Cc1ccccc1S(=O)(=O)c1ccc(-n2c3c(c4ccccc42)C=C2C3=Nc3ccccc32)cc1. The first kappa shape index (κ1) is 20.6. The van der Waals surface area contributed by atoms with Gasteiger partial charge in [0.15, 0.2) is 0 Å². The van der Waals surface area contributed by atoms with Gasteiger partial charge in [0.1, 0.15) is 6.07 Å². The van der Waals surface area contributed by atoms with E-state index in [1.807, 2.05) is 48.5 Å². The number of fused-ring (bicyclic) bond motifs is 7. The third-order valence-electron chi connectivity index (χ3n) is 6.81. The van der Waals surface area contributed by atoms with Crippen LogP contribution in [0.5, 0.6) is 0 Å². The number of aromatic nitrogens is 1. The summed E-state index contributed by atoms with van der Waals surface area (Å²) in [5.74, 6) is 0. The van der Waals surface area contributed by atoms with Gasteiger partial charge < -0.3 is 4.57 Å². The molecule has 2 aliphatic rings. The number of aliphatic imine (C=N–C) groups is 1. The second-order valence-corrected chi connectivity index (χ2v) is 10.7. The molecule has 36 heavy (non-hydrogen) atoms. The zero-order valence-electron chi connectivity index (χ0n) is 18.9. The molecule has 0 saturated heterocycles. The highest BCUT2D eigenvalue weighted by Crippen LogP contribution is 2.46. The van der Waals surface area contributed by atoms with Gasteiger partial charge >= 0.3 is 0 Å². The Kier molecular flexibility index (Phi) is 4.23. The fraction of sp³-hybridized carbons (Fsp3) is 0. The maximum absolute atomic E-state index is 13.3. The summed E-state index contributed by atoms with van der Waals surface area (Å²) < 4.78 is 28.8. The van der Waals surface area contributed by atoms with Gasteiger partial charge in [-0.15, -0.1) is 0 Å². The van der Waals surface area contributed by atoms with E-state index in [2.05, 4.69) is 28.8 Å². The van der Waals surface area contributed by atoms with Crippen LogP contribution in [0.4, 0.5) is 5.69 Å². The molecule has 0 unspecified atom stereocenters. The molecule has 5 aromatic rings. The van der Waals surface area contributed by atoms with E-state index in [9.17, 15) is 13.7 Å². The summed E-state index contributed by atoms with van der Waals surface area (Å²) in [4.78, 5) is 5.11. The second-order valence-electron chi connectivity index (χ2n) is 8.76. The number of para-hydroxylation sites is 2. The van der Waals surface area contributed by atoms with Gasteiger partial charge in [0.25, 0.3) is 0 Å². The third kappa shape index (κ3) is 2.75. The quantitative estimate of drug-likeness (QED) is 0.301. The Hall–Kier alpha value is -4.73. The lowest BCUT2D eigenvalue weighted by atomic mass is 10.1. The second kappa shape index (κ2) is 7.38. The highest BCUT2D eigenvalue weighted by atomic mass is 32.2. The van der Waals surface area contributed by atoms with Gasteiger partial charge in [0.2, 0.25) is 9.84 Å². The standard InChI is InChI=1S/C30H17N3O2S/c31-18-19-7-1-6-12-28(19)36(34,35)21-15-13-20(14-16-21)33-27-11-5-3-9-23(27)25-17-24-22-8-2-4-10-26(22)32-29(24)30(25)33/h1-17H. The molecule has 0 atom stereocenters. The van der Waals surface area contributed by atoms with Crippen molar-refractivity contribution in [3.05, 3.63) is 119 Å². The average Bonchev–Trinajstić information content (AvgIpc) is 3.56. The summed E-state index contributed by atoms with van der Waals surface area (Å²) >= 11 is 0. The Morgan fingerprint density at radius 1 is 0.806 bits per heavy atom. The Morgan fingerprint density at radius 2 is 1.53 bits per heavy atom. The largest absolute Gasteiger partial charge is 0.307 e. The topological polar surface area (TPSA) is 75.2 Å².